The second kappa shape index (κ2) is 10.3. The van der Waals surface area contributed by atoms with Gasteiger partial charge in [0, 0.05) is 18.2 Å². The molecule has 2 rings (SSSR count). The highest BCUT2D eigenvalue weighted by Crippen LogP contribution is 2.25. The van der Waals surface area contributed by atoms with Crippen LogP contribution in [0.4, 0.5) is 5.69 Å². The molecule has 0 bridgehead atoms. The number of halogens is 1. The number of carbonyl (C=O) groups excluding carboxylic acids is 1. The first-order valence-corrected chi connectivity index (χ1v) is 8.03. The lowest BCUT2D eigenvalue weighted by Gasteiger charge is -2.27. The third-order valence-corrected chi connectivity index (χ3v) is 4.18. The van der Waals surface area contributed by atoms with Crippen LogP contribution >= 0.6 is 12.4 Å². The summed E-state index contributed by atoms with van der Waals surface area (Å²) in [4.78, 5) is 12.2. The monoisotopic (exact) mass is 338 g/mol. The number of carbonyl (C=O) groups is 1. The fourth-order valence-electron chi connectivity index (χ4n) is 2.90. The Morgan fingerprint density at radius 1 is 1.48 bits per heavy atom. The molecule has 23 heavy (non-hydrogen) atoms. The molecule has 1 aromatic carbocycles. The van der Waals surface area contributed by atoms with E-state index in [0.717, 1.165) is 24.5 Å². The number of benzene rings is 1. The molecule has 1 heterocycles. The quantitative estimate of drug-likeness (QED) is 0.746. The molecular formula is C18H27ClN2O2. The van der Waals surface area contributed by atoms with Gasteiger partial charge in [-0.05, 0) is 49.9 Å². The SMILES string of the molecule is C=CCOc1cccc(NC(=O)CC(C)C2CCNCC2)c1.Cl. The molecule has 5 heteroatoms. The predicted molar refractivity (Wildman–Crippen MR) is 97.4 cm³/mol. The van der Waals surface area contributed by atoms with Crippen molar-refractivity contribution in [2.24, 2.45) is 11.8 Å². The molecule has 0 aromatic heterocycles. The highest BCUT2D eigenvalue weighted by Gasteiger charge is 2.22. The Balaban J connectivity index is 0.00000264. The van der Waals surface area contributed by atoms with E-state index in [1.807, 2.05) is 24.3 Å². The van der Waals surface area contributed by atoms with Crippen LogP contribution in [0, 0.1) is 11.8 Å². The molecule has 1 fully saturated rings. The van der Waals surface area contributed by atoms with Gasteiger partial charge in [-0.1, -0.05) is 25.6 Å². The van der Waals surface area contributed by atoms with Gasteiger partial charge in [0.15, 0.2) is 0 Å². The number of ether oxygens (including phenoxy) is 1. The molecule has 1 unspecified atom stereocenters. The topological polar surface area (TPSA) is 50.4 Å². The van der Waals surface area contributed by atoms with Crippen LogP contribution in [0.5, 0.6) is 5.75 Å². The second-order valence-corrected chi connectivity index (χ2v) is 5.94. The summed E-state index contributed by atoms with van der Waals surface area (Å²) in [5.41, 5.74) is 0.782. The summed E-state index contributed by atoms with van der Waals surface area (Å²) in [7, 11) is 0. The molecule has 1 saturated heterocycles. The highest BCUT2D eigenvalue weighted by molar-refractivity contribution is 5.91. The van der Waals surface area contributed by atoms with Gasteiger partial charge < -0.3 is 15.4 Å². The Morgan fingerprint density at radius 3 is 2.91 bits per heavy atom. The number of piperidine rings is 1. The van der Waals surface area contributed by atoms with Crippen LogP contribution in [0.25, 0.3) is 0 Å². The molecule has 2 N–H and O–H groups in total. The van der Waals surface area contributed by atoms with E-state index in [9.17, 15) is 4.79 Å². The summed E-state index contributed by atoms with van der Waals surface area (Å²) >= 11 is 0. The first kappa shape index (κ1) is 19.5. The Kier molecular flexibility index (Phi) is 8.74. The van der Waals surface area contributed by atoms with Gasteiger partial charge in [-0.3, -0.25) is 4.79 Å². The zero-order chi connectivity index (χ0) is 15.8. The summed E-state index contributed by atoms with van der Waals surface area (Å²) in [6.45, 7) is 8.40. The number of nitrogens with one attached hydrogen (secondary N) is 2. The maximum Gasteiger partial charge on any atom is 0.224 e. The van der Waals surface area contributed by atoms with Crippen LogP contribution in [-0.2, 0) is 4.79 Å². The van der Waals surface area contributed by atoms with Crippen LogP contribution in [0.1, 0.15) is 26.2 Å². The Bertz CT molecular complexity index is 502. The number of anilines is 1. The average Bonchev–Trinajstić information content (AvgIpc) is 2.54. The van der Waals surface area contributed by atoms with E-state index >= 15 is 0 Å². The fraction of sp³-hybridized carbons (Fsp3) is 0.500. The van der Waals surface area contributed by atoms with E-state index in [1.165, 1.54) is 12.8 Å². The van der Waals surface area contributed by atoms with E-state index in [1.54, 1.807) is 6.08 Å². The summed E-state index contributed by atoms with van der Waals surface area (Å²) in [6, 6.07) is 7.48. The first-order chi connectivity index (χ1) is 10.7. The number of hydrogen-bond donors (Lipinski definition) is 2. The van der Waals surface area contributed by atoms with Crippen molar-refractivity contribution in [2.75, 3.05) is 25.0 Å². The van der Waals surface area contributed by atoms with Crippen molar-refractivity contribution in [3.63, 3.8) is 0 Å². The van der Waals surface area contributed by atoms with Crippen molar-refractivity contribution in [1.82, 2.24) is 5.32 Å². The summed E-state index contributed by atoms with van der Waals surface area (Å²) in [6.07, 6.45) is 4.60. The van der Waals surface area contributed by atoms with Crippen molar-refractivity contribution < 1.29 is 9.53 Å². The number of rotatable bonds is 7. The summed E-state index contributed by atoms with van der Waals surface area (Å²) < 4.78 is 5.48. The minimum absolute atomic E-state index is 0. The standard InChI is InChI=1S/C18H26N2O2.ClH/c1-3-11-22-17-6-4-5-16(13-17)20-18(21)12-14(2)15-7-9-19-10-8-15;/h3-6,13-15,19H,1,7-12H2,2H3,(H,20,21);1H. The molecule has 1 aliphatic rings. The van der Waals surface area contributed by atoms with Crippen molar-refractivity contribution in [3.8, 4) is 5.75 Å². The van der Waals surface area contributed by atoms with Gasteiger partial charge in [-0.25, -0.2) is 0 Å². The molecule has 1 amide bonds. The molecule has 0 spiro atoms. The van der Waals surface area contributed by atoms with Crippen LogP contribution in [-0.4, -0.2) is 25.6 Å². The maximum atomic E-state index is 12.2. The van der Waals surface area contributed by atoms with Crippen LogP contribution in [0.2, 0.25) is 0 Å². The molecule has 0 radical (unpaired) electrons. The largest absolute Gasteiger partial charge is 0.489 e. The molecule has 0 saturated carbocycles. The Morgan fingerprint density at radius 2 is 2.22 bits per heavy atom. The van der Waals surface area contributed by atoms with Crippen molar-refractivity contribution in [1.29, 1.82) is 0 Å². The second-order valence-electron chi connectivity index (χ2n) is 5.94. The van der Waals surface area contributed by atoms with Crippen LogP contribution < -0.4 is 15.4 Å². The van der Waals surface area contributed by atoms with Crippen molar-refractivity contribution in [2.45, 2.75) is 26.2 Å². The lowest BCUT2D eigenvalue weighted by Crippen LogP contribution is -2.32. The number of hydrogen-bond acceptors (Lipinski definition) is 3. The van der Waals surface area contributed by atoms with Gasteiger partial charge in [-0.15, -0.1) is 12.4 Å². The lowest BCUT2D eigenvalue weighted by atomic mass is 9.84. The third kappa shape index (κ3) is 6.63. The van der Waals surface area contributed by atoms with Gasteiger partial charge in [-0.2, -0.15) is 0 Å². The van der Waals surface area contributed by atoms with Crippen molar-refractivity contribution >= 4 is 24.0 Å². The molecule has 0 aliphatic carbocycles. The Hall–Kier alpha value is -1.52. The zero-order valence-electron chi connectivity index (χ0n) is 13.7. The molecular weight excluding hydrogens is 312 g/mol. The van der Waals surface area contributed by atoms with Gasteiger partial charge in [0.2, 0.25) is 5.91 Å². The molecule has 4 nitrogen and oxygen atoms in total. The summed E-state index contributed by atoms with van der Waals surface area (Å²) in [5.74, 6) is 1.88. The first-order valence-electron chi connectivity index (χ1n) is 8.03. The minimum Gasteiger partial charge on any atom is -0.489 e. The van der Waals surface area contributed by atoms with Crippen molar-refractivity contribution in [3.05, 3.63) is 36.9 Å². The number of amides is 1. The minimum atomic E-state index is 0. The van der Waals surface area contributed by atoms with Crippen LogP contribution in [0.15, 0.2) is 36.9 Å². The average molecular weight is 339 g/mol. The Labute approximate surface area is 145 Å². The van der Waals surface area contributed by atoms with E-state index in [0.29, 0.717) is 24.9 Å². The van der Waals surface area contributed by atoms with E-state index in [4.69, 9.17) is 4.74 Å². The molecule has 1 aliphatic heterocycles. The molecule has 1 aromatic rings. The highest BCUT2D eigenvalue weighted by atomic mass is 35.5. The predicted octanol–water partition coefficient (Wildman–Crippen LogP) is 3.64. The van der Waals surface area contributed by atoms with E-state index in [2.05, 4.69) is 24.1 Å². The molecule has 128 valence electrons. The van der Waals surface area contributed by atoms with E-state index < -0.39 is 0 Å². The third-order valence-electron chi connectivity index (χ3n) is 4.18. The fourth-order valence-corrected chi connectivity index (χ4v) is 2.90. The normalized spacial score (nSPS) is 16.0. The van der Waals surface area contributed by atoms with Gasteiger partial charge in [0.05, 0.1) is 0 Å². The van der Waals surface area contributed by atoms with Crippen LogP contribution in [0.3, 0.4) is 0 Å². The maximum absolute atomic E-state index is 12.2. The van der Waals surface area contributed by atoms with E-state index in [-0.39, 0.29) is 18.3 Å². The van der Waals surface area contributed by atoms with Gasteiger partial charge in [0.1, 0.15) is 12.4 Å². The lowest BCUT2D eigenvalue weighted by molar-refractivity contribution is -0.117. The summed E-state index contributed by atoms with van der Waals surface area (Å²) in [5, 5.41) is 6.33. The van der Waals surface area contributed by atoms with Gasteiger partial charge in [0.25, 0.3) is 0 Å². The molecule has 1 atom stereocenters. The smallest absolute Gasteiger partial charge is 0.224 e. The van der Waals surface area contributed by atoms with Gasteiger partial charge >= 0.3 is 0 Å². The zero-order valence-corrected chi connectivity index (χ0v) is 14.5.